The Hall–Kier alpha value is 0.640. The topological polar surface area (TPSA) is 23.5 Å². The van der Waals surface area contributed by atoms with E-state index in [1.807, 2.05) is 0 Å². The summed E-state index contributed by atoms with van der Waals surface area (Å²) in [6.45, 7) is 9.23. The lowest BCUT2D eigenvalue weighted by Gasteiger charge is -2.43. The molecule has 0 aromatic rings. The van der Waals surface area contributed by atoms with Gasteiger partial charge in [-0.1, -0.05) is 43.7 Å². The first-order valence-corrected chi connectivity index (χ1v) is 12.0. The molecule has 2 saturated heterocycles. The molecule has 0 aliphatic carbocycles. The van der Waals surface area contributed by atoms with Gasteiger partial charge in [0, 0.05) is 18.8 Å². The van der Waals surface area contributed by atoms with Crippen LogP contribution in [0.2, 0.25) is 0 Å². The second-order valence-corrected chi connectivity index (χ2v) is 9.75. The SMILES string of the molecule is CCCCCC[N+]1(CC(O)CSC(=S)N2CCCCC2)CCCCC1.[Br-]. The third kappa shape index (κ3) is 8.76. The van der Waals surface area contributed by atoms with Crippen LogP contribution in [0.4, 0.5) is 0 Å². The summed E-state index contributed by atoms with van der Waals surface area (Å²) in [7, 11) is 0. The number of nitrogens with zero attached hydrogens (tertiary/aromatic N) is 2. The van der Waals surface area contributed by atoms with Crippen LogP contribution in [0, 0.1) is 0 Å². The van der Waals surface area contributed by atoms with E-state index in [9.17, 15) is 5.11 Å². The first-order valence-electron chi connectivity index (χ1n) is 10.6. The third-order valence-electron chi connectivity index (χ3n) is 5.86. The Bertz CT molecular complexity index is 386. The maximum Gasteiger partial charge on any atom is 0.136 e. The van der Waals surface area contributed by atoms with Crippen molar-refractivity contribution >= 4 is 28.3 Å². The van der Waals surface area contributed by atoms with E-state index in [1.165, 1.54) is 83.8 Å². The lowest BCUT2D eigenvalue weighted by atomic mass is 10.0. The molecule has 0 saturated carbocycles. The number of halogens is 1. The number of piperidine rings is 2. The summed E-state index contributed by atoms with van der Waals surface area (Å²) >= 11 is 7.30. The zero-order valence-corrected chi connectivity index (χ0v) is 19.9. The van der Waals surface area contributed by atoms with Crippen LogP contribution >= 0.6 is 24.0 Å². The van der Waals surface area contributed by atoms with Crippen molar-refractivity contribution in [2.45, 2.75) is 77.2 Å². The van der Waals surface area contributed by atoms with Crippen LogP contribution in [0.5, 0.6) is 0 Å². The quantitative estimate of drug-likeness (QED) is 0.315. The maximum atomic E-state index is 10.7. The van der Waals surface area contributed by atoms with Gasteiger partial charge >= 0.3 is 0 Å². The summed E-state index contributed by atoms with van der Waals surface area (Å²) in [5.41, 5.74) is 0. The molecule has 0 aromatic heterocycles. The Morgan fingerprint density at radius 3 is 2.35 bits per heavy atom. The zero-order valence-electron chi connectivity index (χ0n) is 16.6. The summed E-state index contributed by atoms with van der Waals surface area (Å²) < 4.78 is 2.16. The van der Waals surface area contributed by atoms with E-state index in [4.69, 9.17) is 12.2 Å². The number of hydrogen-bond donors (Lipinski definition) is 1. The van der Waals surface area contributed by atoms with E-state index in [0.29, 0.717) is 0 Å². The van der Waals surface area contributed by atoms with Gasteiger partial charge in [-0.25, -0.2) is 0 Å². The summed E-state index contributed by atoms with van der Waals surface area (Å²) in [5.74, 6) is 0.768. The third-order valence-corrected chi connectivity index (χ3v) is 7.53. The summed E-state index contributed by atoms with van der Waals surface area (Å²) in [4.78, 5) is 2.34. The molecule has 0 radical (unpaired) electrons. The van der Waals surface area contributed by atoms with Crippen molar-refractivity contribution in [1.29, 1.82) is 0 Å². The highest BCUT2D eigenvalue weighted by molar-refractivity contribution is 8.22. The lowest BCUT2D eigenvalue weighted by Crippen LogP contribution is -3.00. The van der Waals surface area contributed by atoms with Crippen LogP contribution in [0.15, 0.2) is 0 Å². The van der Waals surface area contributed by atoms with Crippen LogP contribution in [-0.4, -0.2) is 69.9 Å². The average molecular weight is 468 g/mol. The predicted octanol–water partition coefficient (Wildman–Crippen LogP) is 1.44. The standard InChI is InChI=1S/C20H39N2OS2.BrH/c1-2-3-4-9-14-22(15-10-6-11-16-22)17-19(23)18-25-20(24)21-12-7-5-8-13-21;/h19,23H,2-18H2,1H3;1H/q+1;/p-1. The molecular formula is C20H39BrN2OS2. The fourth-order valence-electron chi connectivity index (χ4n) is 4.39. The molecule has 2 aliphatic rings. The molecule has 6 heteroatoms. The van der Waals surface area contributed by atoms with Crippen molar-refractivity contribution in [3.05, 3.63) is 0 Å². The minimum atomic E-state index is -0.225. The molecule has 0 bridgehead atoms. The molecule has 0 spiro atoms. The molecule has 0 aromatic carbocycles. The molecule has 2 heterocycles. The minimum Gasteiger partial charge on any atom is -1.00 e. The number of rotatable bonds is 9. The van der Waals surface area contributed by atoms with Crippen LogP contribution in [0.3, 0.4) is 0 Å². The maximum absolute atomic E-state index is 10.7. The molecule has 1 N–H and O–H groups in total. The number of hydrogen-bond acceptors (Lipinski definition) is 3. The lowest BCUT2D eigenvalue weighted by molar-refractivity contribution is -0.935. The molecule has 1 atom stereocenters. The van der Waals surface area contributed by atoms with Gasteiger partial charge in [0.25, 0.3) is 0 Å². The number of thioether (sulfide) groups is 1. The zero-order chi connectivity index (χ0) is 18.0. The number of aliphatic hydroxyl groups is 1. The average Bonchev–Trinajstić information content (AvgIpc) is 2.65. The fraction of sp³-hybridized carbons (Fsp3) is 0.950. The molecule has 1 unspecified atom stereocenters. The molecule has 2 fully saturated rings. The number of thiocarbonyl (C=S) groups is 1. The van der Waals surface area contributed by atoms with Crippen molar-refractivity contribution in [3.8, 4) is 0 Å². The summed E-state index contributed by atoms with van der Waals surface area (Å²) in [6, 6.07) is 0. The minimum absolute atomic E-state index is 0. The normalized spacial score (nSPS) is 21.1. The molecule has 3 nitrogen and oxygen atoms in total. The Balaban J connectivity index is 0.00000338. The van der Waals surface area contributed by atoms with Gasteiger partial charge < -0.3 is 31.5 Å². The molecule has 2 rings (SSSR count). The smallest absolute Gasteiger partial charge is 0.136 e. The summed E-state index contributed by atoms with van der Waals surface area (Å²) in [6.07, 6.45) is 13.0. The molecule has 2 aliphatic heterocycles. The molecule has 0 amide bonds. The second kappa shape index (κ2) is 13.8. The number of quaternary nitrogens is 1. The van der Waals surface area contributed by atoms with Crippen LogP contribution in [0.1, 0.15) is 71.1 Å². The van der Waals surface area contributed by atoms with Gasteiger partial charge in [0.15, 0.2) is 0 Å². The number of likely N-dealkylation sites (tertiary alicyclic amines) is 2. The van der Waals surface area contributed by atoms with Crippen molar-refractivity contribution in [2.24, 2.45) is 0 Å². The van der Waals surface area contributed by atoms with Gasteiger partial charge in [-0.2, -0.15) is 0 Å². The van der Waals surface area contributed by atoms with Crippen molar-refractivity contribution in [3.63, 3.8) is 0 Å². The second-order valence-electron chi connectivity index (χ2n) is 8.09. The Kier molecular flexibility index (Phi) is 13.1. The highest BCUT2D eigenvalue weighted by atomic mass is 79.9. The van der Waals surface area contributed by atoms with Crippen molar-refractivity contribution in [1.82, 2.24) is 4.90 Å². The van der Waals surface area contributed by atoms with E-state index in [1.54, 1.807) is 11.8 Å². The number of unbranched alkanes of at least 4 members (excludes halogenated alkanes) is 3. The van der Waals surface area contributed by atoms with Crippen LogP contribution in [-0.2, 0) is 0 Å². The van der Waals surface area contributed by atoms with Gasteiger partial charge in [0.2, 0.25) is 0 Å². The Morgan fingerprint density at radius 2 is 1.69 bits per heavy atom. The molecule has 154 valence electrons. The van der Waals surface area contributed by atoms with Gasteiger partial charge in [0.05, 0.1) is 19.6 Å². The van der Waals surface area contributed by atoms with E-state index >= 15 is 0 Å². The Labute approximate surface area is 181 Å². The van der Waals surface area contributed by atoms with Gasteiger partial charge in [0.1, 0.15) is 17.0 Å². The van der Waals surface area contributed by atoms with Crippen molar-refractivity contribution in [2.75, 3.05) is 45.0 Å². The van der Waals surface area contributed by atoms with E-state index in [2.05, 4.69) is 11.8 Å². The highest BCUT2D eigenvalue weighted by Crippen LogP contribution is 2.23. The molecular weight excluding hydrogens is 428 g/mol. The first-order chi connectivity index (χ1) is 12.2. The monoisotopic (exact) mass is 466 g/mol. The molecule has 26 heavy (non-hydrogen) atoms. The Morgan fingerprint density at radius 1 is 1.04 bits per heavy atom. The van der Waals surface area contributed by atoms with Crippen LogP contribution < -0.4 is 17.0 Å². The largest absolute Gasteiger partial charge is 1.00 e. The summed E-state index contributed by atoms with van der Waals surface area (Å²) in [5, 5.41) is 10.7. The fourth-order valence-corrected chi connectivity index (χ4v) is 5.58. The first kappa shape index (κ1) is 24.7. The van der Waals surface area contributed by atoms with Crippen molar-refractivity contribution < 1.29 is 26.6 Å². The number of aliphatic hydroxyl groups excluding tert-OH is 1. The van der Waals surface area contributed by atoms with E-state index in [0.717, 1.165) is 34.2 Å². The van der Waals surface area contributed by atoms with Gasteiger partial charge in [-0.15, -0.1) is 0 Å². The van der Waals surface area contributed by atoms with Gasteiger partial charge in [-0.3, -0.25) is 0 Å². The highest BCUT2D eigenvalue weighted by Gasteiger charge is 2.32. The van der Waals surface area contributed by atoms with Crippen LogP contribution in [0.25, 0.3) is 0 Å². The predicted molar refractivity (Wildman–Crippen MR) is 114 cm³/mol. The van der Waals surface area contributed by atoms with E-state index in [-0.39, 0.29) is 23.1 Å². The van der Waals surface area contributed by atoms with E-state index < -0.39 is 0 Å². The van der Waals surface area contributed by atoms with Gasteiger partial charge in [-0.05, 0) is 51.4 Å².